The fraction of sp³-hybridized carbons (Fsp3) is 0.565. The van der Waals surface area contributed by atoms with Crippen LogP contribution in [-0.2, 0) is 19.1 Å². The molecule has 0 unspecified atom stereocenters. The molecule has 1 fully saturated rings. The molecule has 7 nitrogen and oxygen atoms in total. The van der Waals surface area contributed by atoms with E-state index in [1.807, 2.05) is 26.8 Å². The number of nitrogens with zero attached hydrogens (tertiary/aromatic N) is 2. The van der Waals surface area contributed by atoms with Gasteiger partial charge < -0.3 is 15.0 Å². The Morgan fingerprint density at radius 1 is 1.23 bits per heavy atom. The predicted molar refractivity (Wildman–Crippen MR) is 113 cm³/mol. The SMILES string of the molecule is CC(C)(C)NC(=O)CC1(C(=O)OCC(=O)N(CCC#N)c2ccccc2F)CCCC1. The van der Waals surface area contributed by atoms with Crippen LogP contribution in [0.5, 0.6) is 0 Å². The quantitative estimate of drug-likeness (QED) is 0.635. The third-order valence-electron chi connectivity index (χ3n) is 5.23. The largest absolute Gasteiger partial charge is 0.455 e. The number of rotatable bonds is 8. The minimum atomic E-state index is -0.953. The molecule has 1 aliphatic carbocycles. The summed E-state index contributed by atoms with van der Waals surface area (Å²) in [6.45, 7) is 4.99. The van der Waals surface area contributed by atoms with Crippen LogP contribution in [0.3, 0.4) is 0 Å². The smallest absolute Gasteiger partial charge is 0.313 e. The maximum atomic E-state index is 14.2. The highest BCUT2D eigenvalue weighted by Gasteiger charge is 2.45. The van der Waals surface area contributed by atoms with Crippen molar-refractivity contribution in [3.63, 3.8) is 0 Å². The second kappa shape index (κ2) is 10.4. The molecule has 0 radical (unpaired) electrons. The summed E-state index contributed by atoms with van der Waals surface area (Å²) in [5, 5.41) is 11.7. The highest BCUT2D eigenvalue weighted by atomic mass is 19.1. The maximum Gasteiger partial charge on any atom is 0.313 e. The number of para-hydroxylation sites is 1. The van der Waals surface area contributed by atoms with Crippen LogP contribution < -0.4 is 10.2 Å². The molecule has 1 saturated carbocycles. The first-order valence-electron chi connectivity index (χ1n) is 10.5. The van der Waals surface area contributed by atoms with Crippen molar-refractivity contribution in [1.82, 2.24) is 5.32 Å². The van der Waals surface area contributed by atoms with E-state index >= 15 is 0 Å². The van der Waals surface area contributed by atoms with E-state index in [1.165, 1.54) is 18.2 Å². The maximum absolute atomic E-state index is 14.2. The Labute approximate surface area is 182 Å². The molecule has 8 heteroatoms. The average Bonchev–Trinajstić information content (AvgIpc) is 3.15. The summed E-state index contributed by atoms with van der Waals surface area (Å²) in [5.74, 6) is -2.05. The monoisotopic (exact) mass is 431 g/mol. The summed E-state index contributed by atoms with van der Waals surface area (Å²) in [4.78, 5) is 39.2. The van der Waals surface area contributed by atoms with Gasteiger partial charge >= 0.3 is 5.97 Å². The molecule has 2 rings (SSSR count). The molecule has 0 atom stereocenters. The van der Waals surface area contributed by atoms with Crippen molar-refractivity contribution in [2.45, 2.75) is 64.8 Å². The fourth-order valence-corrected chi connectivity index (χ4v) is 3.84. The van der Waals surface area contributed by atoms with Gasteiger partial charge in [-0.2, -0.15) is 5.26 Å². The van der Waals surface area contributed by atoms with Crippen molar-refractivity contribution in [1.29, 1.82) is 5.26 Å². The molecular formula is C23H30FN3O4. The fourth-order valence-electron chi connectivity index (χ4n) is 3.84. The highest BCUT2D eigenvalue weighted by Crippen LogP contribution is 2.42. The number of benzene rings is 1. The van der Waals surface area contributed by atoms with Crippen molar-refractivity contribution >= 4 is 23.5 Å². The number of anilines is 1. The van der Waals surface area contributed by atoms with Crippen LogP contribution in [0, 0.1) is 22.6 Å². The molecule has 1 aromatic carbocycles. The molecule has 0 saturated heterocycles. The second-order valence-corrected chi connectivity index (χ2v) is 8.94. The minimum Gasteiger partial charge on any atom is -0.455 e. The molecule has 0 aromatic heterocycles. The van der Waals surface area contributed by atoms with Crippen molar-refractivity contribution < 1.29 is 23.5 Å². The number of amides is 2. The van der Waals surface area contributed by atoms with Gasteiger partial charge in [-0.15, -0.1) is 0 Å². The van der Waals surface area contributed by atoms with Gasteiger partial charge in [0, 0.05) is 18.5 Å². The number of carbonyl (C=O) groups excluding carboxylic acids is 3. The zero-order valence-corrected chi connectivity index (χ0v) is 18.4. The third-order valence-corrected chi connectivity index (χ3v) is 5.23. The molecule has 1 aliphatic rings. The Morgan fingerprint density at radius 3 is 2.45 bits per heavy atom. The van der Waals surface area contributed by atoms with Gasteiger partial charge in [-0.05, 0) is 45.7 Å². The van der Waals surface area contributed by atoms with Crippen molar-refractivity contribution in [2.75, 3.05) is 18.1 Å². The number of nitriles is 1. The standard InChI is InChI=1S/C23H30FN3O4/c1-22(2,3)26-19(28)15-23(11-6-7-12-23)21(30)31-16-20(29)27(14-8-13-25)18-10-5-4-9-17(18)24/h4-5,9-10H,6-8,11-12,14-16H2,1-3H3,(H,26,28). The van der Waals surface area contributed by atoms with Crippen LogP contribution in [0.4, 0.5) is 10.1 Å². The number of hydrogen-bond acceptors (Lipinski definition) is 5. The molecule has 2 amide bonds. The number of hydrogen-bond donors (Lipinski definition) is 1. The van der Waals surface area contributed by atoms with Crippen LogP contribution in [-0.4, -0.2) is 36.5 Å². The molecule has 0 heterocycles. The normalized spacial score (nSPS) is 15.1. The van der Waals surface area contributed by atoms with Gasteiger partial charge in [0.05, 0.1) is 23.6 Å². The van der Waals surface area contributed by atoms with Crippen LogP contribution in [0.15, 0.2) is 24.3 Å². The predicted octanol–water partition coefficient (Wildman–Crippen LogP) is 3.48. The summed E-state index contributed by atoms with van der Waals surface area (Å²) in [7, 11) is 0. The van der Waals surface area contributed by atoms with E-state index in [9.17, 15) is 18.8 Å². The molecule has 0 spiro atoms. The van der Waals surface area contributed by atoms with Gasteiger partial charge in [0.1, 0.15) is 5.82 Å². The van der Waals surface area contributed by atoms with Crippen LogP contribution in [0.1, 0.15) is 59.3 Å². The molecular weight excluding hydrogens is 401 g/mol. The Morgan fingerprint density at radius 2 is 1.87 bits per heavy atom. The van der Waals surface area contributed by atoms with E-state index in [-0.39, 0.29) is 31.0 Å². The van der Waals surface area contributed by atoms with Crippen LogP contribution in [0.25, 0.3) is 0 Å². The second-order valence-electron chi connectivity index (χ2n) is 8.94. The summed E-state index contributed by atoms with van der Waals surface area (Å²) >= 11 is 0. The first-order valence-corrected chi connectivity index (χ1v) is 10.5. The lowest BCUT2D eigenvalue weighted by molar-refractivity contribution is -0.160. The lowest BCUT2D eigenvalue weighted by Crippen LogP contribution is -2.45. The van der Waals surface area contributed by atoms with Gasteiger partial charge in [0.2, 0.25) is 5.91 Å². The lowest BCUT2D eigenvalue weighted by Gasteiger charge is -2.29. The Bertz CT molecular complexity index is 851. The first-order chi connectivity index (χ1) is 14.6. The van der Waals surface area contributed by atoms with E-state index in [1.54, 1.807) is 6.07 Å². The molecule has 0 aliphatic heterocycles. The summed E-state index contributed by atoms with van der Waals surface area (Å²) in [5.41, 5.74) is -1.35. The number of ether oxygens (including phenoxy) is 1. The minimum absolute atomic E-state index is 0.00273. The van der Waals surface area contributed by atoms with Gasteiger partial charge in [0.25, 0.3) is 5.91 Å². The topological polar surface area (TPSA) is 99.5 Å². The van der Waals surface area contributed by atoms with Crippen LogP contribution in [0.2, 0.25) is 0 Å². The number of carbonyl (C=O) groups is 3. The molecule has 1 aromatic rings. The average molecular weight is 432 g/mol. The first kappa shape index (κ1) is 24.3. The highest BCUT2D eigenvalue weighted by molar-refractivity contribution is 5.96. The van der Waals surface area contributed by atoms with Gasteiger partial charge in [-0.25, -0.2) is 4.39 Å². The zero-order chi connectivity index (χ0) is 23.1. The van der Waals surface area contributed by atoms with Gasteiger partial charge in [-0.1, -0.05) is 25.0 Å². The summed E-state index contributed by atoms with van der Waals surface area (Å²) in [6.07, 6.45) is 2.64. The van der Waals surface area contributed by atoms with Gasteiger partial charge in [-0.3, -0.25) is 14.4 Å². The summed E-state index contributed by atoms with van der Waals surface area (Å²) in [6, 6.07) is 7.66. The van der Waals surface area contributed by atoms with Crippen molar-refractivity contribution in [3.05, 3.63) is 30.1 Å². The molecule has 0 bridgehead atoms. The van der Waals surface area contributed by atoms with E-state index < -0.39 is 35.3 Å². The molecule has 1 N–H and O–H groups in total. The number of nitrogens with one attached hydrogen (secondary N) is 1. The van der Waals surface area contributed by atoms with Gasteiger partial charge in [0.15, 0.2) is 6.61 Å². The Hall–Kier alpha value is -2.95. The Kier molecular flexibility index (Phi) is 8.14. The number of esters is 1. The van der Waals surface area contributed by atoms with E-state index in [0.717, 1.165) is 17.7 Å². The molecule has 31 heavy (non-hydrogen) atoms. The zero-order valence-electron chi connectivity index (χ0n) is 18.4. The lowest BCUT2D eigenvalue weighted by atomic mass is 9.82. The van der Waals surface area contributed by atoms with E-state index in [4.69, 9.17) is 10.00 Å². The Balaban J connectivity index is 2.08. The van der Waals surface area contributed by atoms with Crippen molar-refractivity contribution in [2.24, 2.45) is 5.41 Å². The third kappa shape index (κ3) is 6.78. The number of halogens is 1. The molecule has 168 valence electrons. The van der Waals surface area contributed by atoms with Crippen molar-refractivity contribution in [3.8, 4) is 6.07 Å². The van der Waals surface area contributed by atoms with E-state index in [0.29, 0.717) is 12.8 Å². The van der Waals surface area contributed by atoms with Crippen LogP contribution >= 0.6 is 0 Å². The summed E-state index contributed by atoms with van der Waals surface area (Å²) < 4.78 is 19.5. The van der Waals surface area contributed by atoms with E-state index in [2.05, 4.69) is 5.32 Å².